The summed E-state index contributed by atoms with van der Waals surface area (Å²) in [6.07, 6.45) is 1.88. The molecule has 2 N–H and O–H groups in total. The van der Waals surface area contributed by atoms with Gasteiger partial charge in [0, 0.05) is 11.4 Å². The van der Waals surface area contributed by atoms with E-state index in [1.54, 1.807) is 15.9 Å². The highest BCUT2D eigenvalue weighted by atomic mass is 32.2. The van der Waals surface area contributed by atoms with Gasteiger partial charge in [0.2, 0.25) is 5.91 Å². The van der Waals surface area contributed by atoms with E-state index in [1.807, 2.05) is 47.8 Å². The molecular weight excluding hydrogens is 380 g/mol. The fourth-order valence-electron chi connectivity index (χ4n) is 2.68. The van der Waals surface area contributed by atoms with Crippen molar-refractivity contribution in [1.29, 1.82) is 0 Å². The molecule has 0 radical (unpaired) electrons. The zero-order valence-corrected chi connectivity index (χ0v) is 16.7. The molecule has 1 atom stereocenters. The smallest absolute Gasteiger partial charge is 0.343 e. The van der Waals surface area contributed by atoms with E-state index < -0.39 is 0 Å². The molecule has 0 unspecified atom stereocenters. The molecule has 27 heavy (non-hydrogen) atoms. The Morgan fingerprint density at radius 1 is 1.30 bits per heavy atom. The molecule has 0 aliphatic carbocycles. The predicted octanol–water partition coefficient (Wildman–Crippen LogP) is 3.43. The summed E-state index contributed by atoms with van der Waals surface area (Å²) in [5, 5.41) is 12.2. The molecule has 1 amide bonds. The molecule has 0 saturated carbocycles. The van der Waals surface area contributed by atoms with Gasteiger partial charge in [0.15, 0.2) is 5.16 Å². The topological polar surface area (TPSA) is 79.8 Å². The van der Waals surface area contributed by atoms with Crippen molar-refractivity contribution in [3.8, 4) is 0 Å². The number of thiophene rings is 1. The van der Waals surface area contributed by atoms with Crippen LogP contribution in [-0.4, -0.2) is 26.4 Å². The van der Waals surface area contributed by atoms with Gasteiger partial charge in [0.05, 0.1) is 11.8 Å². The second kappa shape index (κ2) is 9.57. The number of aromatic nitrogens is 3. The van der Waals surface area contributed by atoms with Crippen molar-refractivity contribution >= 4 is 29.0 Å². The molecule has 0 bridgehead atoms. The number of aromatic amines is 1. The number of benzene rings is 1. The van der Waals surface area contributed by atoms with Crippen molar-refractivity contribution in [1.82, 2.24) is 20.1 Å². The lowest BCUT2D eigenvalue weighted by atomic mass is 10.1. The minimum Gasteiger partial charge on any atom is -0.344 e. The van der Waals surface area contributed by atoms with Gasteiger partial charge in [-0.25, -0.2) is 9.89 Å². The number of amides is 1. The summed E-state index contributed by atoms with van der Waals surface area (Å²) in [5.74, 6) is 0.102. The number of carbonyl (C=O) groups is 1. The molecule has 2 aromatic heterocycles. The second-order valence-electron chi connectivity index (χ2n) is 6.03. The second-order valence-corrected chi connectivity index (χ2v) is 7.95. The first-order valence-electron chi connectivity index (χ1n) is 8.84. The first kappa shape index (κ1) is 19.4. The van der Waals surface area contributed by atoms with Crippen LogP contribution in [0.2, 0.25) is 0 Å². The van der Waals surface area contributed by atoms with E-state index in [9.17, 15) is 9.59 Å². The Balaban J connectivity index is 1.66. The maximum atomic E-state index is 12.6. The Labute approximate surface area is 166 Å². The third-order valence-corrected chi connectivity index (χ3v) is 5.97. The Kier molecular flexibility index (Phi) is 6.89. The molecule has 2 heterocycles. The molecule has 0 aliphatic heterocycles. The quantitative estimate of drug-likeness (QED) is 0.538. The van der Waals surface area contributed by atoms with Crippen molar-refractivity contribution in [3.63, 3.8) is 0 Å². The van der Waals surface area contributed by atoms with Gasteiger partial charge in [-0.05, 0) is 23.4 Å². The molecule has 0 aliphatic rings. The molecule has 0 fully saturated rings. The first-order chi connectivity index (χ1) is 13.2. The van der Waals surface area contributed by atoms with Crippen LogP contribution in [0.4, 0.5) is 0 Å². The number of H-pyrrole nitrogens is 1. The van der Waals surface area contributed by atoms with Crippen LogP contribution in [0.3, 0.4) is 0 Å². The normalized spacial score (nSPS) is 12.0. The van der Waals surface area contributed by atoms with E-state index >= 15 is 0 Å². The predicted molar refractivity (Wildman–Crippen MR) is 109 cm³/mol. The summed E-state index contributed by atoms with van der Waals surface area (Å²) < 4.78 is 1.59. The van der Waals surface area contributed by atoms with Crippen molar-refractivity contribution in [2.24, 2.45) is 0 Å². The molecular formula is C19H22N4O2S2. The zero-order valence-electron chi connectivity index (χ0n) is 15.1. The van der Waals surface area contributed by atoms with Gasteiger partial charge in [0.25, 0.3) is 0 Å². The number of rotatable bonds is 9. The van der Waals surface area contributed by atoms with E-state index in [4.69, 9.17) is 0 Å². The van der Waals surface area contributed by atoms with E-state index in [0.29, 0.717) is 11.7 Å². The van der Waals surface area contributed by atoms with Gasteiger partial charge < -0.3 is 5.32 Å². The average molecular weight is 403 g/mol. The van der Waals surface area contributed by atoms with Gasteiger partial charge in [0.1, 0.15) is 0 Å². The number of thioether (sulfide) groups is 1. The Morgan fingerprint density at radius 2 is 2.11 bits per heavy atom. The van der Waals surface area contributed by atoms with Gasteiger partial charge >= 0.3 is 5.69 Å². The maximum absolute atomic E-state index is 12.6. The Bertz CT molecular complexity index is 903. The highest BCUT2D eigenvalue weighted by Gasteiger charge is 2.18. The van der Waals surface area contributed by atoms with E-state index in [2.05, 4.69) is 22.4 Å². The monoisotopic (exact) mass is 402 g/mol. The average Bonchev–Trinajstić information content (AvgIpc) is 3.34. The van der Waals surface area contributed by atoms with Gasteiger partial charge in [-0.15, -0.1) is 16.4 Å². The fraction of sp³-hybridized carbons (Fsp3) is 0.316. The lowest BCUT2D eigenvalue weighted by Gasteiger charge is -2.18. The summed E-state index contributed by atoms with van der Waals surface area (Å²) in [6, 6.07) is 13.7. The van der Waals surface area contributed by atoms with Gasteiger partial charge in [-0.2, -0.15) is 0 Å². The number of hydrogen-bond donors (Lipinski definition) is 2. The number of carbonyl (C=O) groups excluding carboxylic acids is 1. The van der Waals surface area contributed by atoms with E-state index in [1.165, 1.54) is 11.8 Å². The molecule has 3 aromatic rings. The van der Waals surface area contributed by atoms with Gasteiger partial charge in [-0.1, -0.05) is 61.5 Å². The van der Waals surface area contributed by atoms with Crippen LogP contribution in [0, 0.1) is 0 Å². The molecule has 1 aromatic carbocycles. The summed E-state index contributed by atoms with van der Waals surface area (Å²) in [5.41, 5.74) is 0.810. The molecule has 0 spiro atoms. The molecule has 142 valence electrons. The highest BCUT2D eigenvalue weighted by Crippen LogP contribution is 2.26. The summed E-state index contributed by atoms with van der Waals surface area (Å²) in [7, 11) is 0. The highest BCUT2D eigenvalue weighted by molar-refractivity contribution is 7.99. The number of hydrogen-bond acceptors (Lipinski definition) is 5. The third-order valence-electron chi connectivity index (χ3n) is 4.06. The largest absolute Gasteiger partial charge is 0.344 e. The SMILES string of the molecule is CCCCn1c(SCC(=O)N[C@@H](c2ccccc2)c2cccs2)n[nH]c1=O. The maximum Gasteiger partial charge on any atom is 0.343 e. The lowest BCUT2D eigenvalue weighted by molar-refractivity contribution is -0.119. The Morgan fingerprint density at radius 3 is 2.81 bits per heavy atom. The van der Waals surface area contributed by atoms with Crippen molar-refractivity contribution in [2.75, 3.05) is 5.75 Å². The molecule has 6 nitrogen and oxygen atoms in total. The number of unbranched alkanes of at least 4 members (excludes halogenated alkanes) is 1. The zero-order chi connectivity index (χ0) is 19.1. The summed E-state index contributed by atoms with van der Waals surface area (Å²) >= 11 is 2.89. The van der Waals surface area contributed by atoms with Crippen LogP contribution in [0.1, 0.15) is 36.2 Å². The van der Waals surface area contributed by atoms with Crippen LogP contribution >= 0.6 is 23.1 Å². The Hall–Kier alpha value is -2.32. The fourth-order valence-corrected chi connectivity index (χ4v) is 4.27. The minimum atomic E-state index is -0.230. The number of nitrogens with one attached hydrogen (secondary N) is 2. The molecule has 8 heteroatoms. The van der Waals surface area contributed by atoms with Crippen LogP contribution < -0.4 is 11.0 Å². The molecule has 0 saturated heterocycles. The van der Waals surface area contributed by atoms with Crippen molar-refractivity contribution < 1.29 is 4.79 Å². The van der Waals surface area contributed by atoms with E-state index in [-0.39, 0.29) is 23.4 Å². The summed E-state index contributed by atoms with van der Waals surface area (Å²) in [6.45, 7) is 2.68. The lowest BCUT2D eigenvalue weighted by Crippen LogP contribution is -2.30. The molecule has 3 rings (SSSR count). The number of nitrogens with zero attached hydrogens (tertiary/aromatic N) is 2. The standard InChI is InChI=1S/C19H22N4O2S2/c1-2-3-11-23-18(25)21-22-19(23)27-13-16(24)20-17(15-10-7-12-26-15)14-8-5-4-6-9-14/h4-10,12,17H,2-3,11,13H2,1H3,(H,20,24)(H,21,25)/t17-/m0/s1. The van der Waals surface area contributed by atoms with E-state index in [0.717, 1.165) is 23.3 Å². The van der Waals surface area contributed by atoms with Crippen LogP contribution in [0.15, 0.2) is 57.8 Å². The first-order valence-corrected chi connectivity index (χ1v) is 10.7. The van der Waals surface area contributed by atoms with Crippen LogP contribution in [-0.2, 0) is 11.3 Å². The third kappa shape index (κ3) is 5.11. The summed E-state index contributed by atoms with van der Waals surface area (Å²) in [4.78, 5) is 25.5. The van der Waals surface area contributed by atoms with Crippen molar-refractivity contribution in [2.45, 2.75) is 37.5 Å². The van der Waals surface area contributed by atoms with Crippen LogP contribution in [0.5, 0.6) is 0 Å². The van der Waals surface area contributed by atoms with Crippen molar-refractivity contribution in [3.05, 3.63) is 68.8 Å². The van der Waals surface area contributed by atoms with Crippen LogP contribution in [0.25, 0.3) is 0 Å². The van der Waals surface area contributed by atoms with Gasteiger partial charge in [-0.3, -0.25) is 9.36 Å². The minimum absolute atomic E-state index is 0.0975.